The smallest absolute Gasteiger partial charge is 0.243 e. The molecule has 8 N–H and O–H groups in total. The SMILES string of the molecule is CCCCCCCC(=O)N1CCCC1C(=O)NCCCCC(NC(=O)C1CCCN1C(=O)CCCCCCC)C(=O)NCCCCC(NC(=O)C(CCCCNC(=O)C1CCCN1C(=O)CCCCCCC)NC(=O)C1CCCN1C(=O)CCCCCCC)C(=O)NCCNCC. The summed E-state index contributed by atoms with van der Waals surface area (Å²) in [4.78, 5) is 158. The number of rotatable bonds is 53. The highest BCUT2D eigenvalue weighted by Crippen LogP contribution is 2.25. The van der Waals surface area contributed by atoms with Gasteiger partial charge in [0.15, 0.2) is 0 Å². The van der Waals surface area contributed by atoms with E-state index in [9.17, 15) is 52.7 Å². The number of nitrogens with zero attached hydrogens (tertiary/aromatic N) is 4. The minimum Gasteiger partial charge on any atom is -0.354 e. The van der Waals surface area contributed by atoms with Crippen molar-refractivity contribution in [2.75, 3.05) is 65.4 Å². The Bertz CT molecular complexity index is 2360. The normalized spacial score (nSPS) is 18.5. The molecule has 0 bridgehead atoms. The number of carbonyl (C=O) groups is 11. The van der Waals surface area contributed by atoms with Crippen molar-refractivity contribution in [3.63, 3.8) is 0 Å². The number of carbonyl (C=O) groups excluding carboxylic acids is 11. The second-order valence-electron chi connectivity index (χ2n) is 27.8. The monoisotopic (exact) mass is 1370 g/mol. The molecule has 0 aromatic heterocycles. The van der Waals surface area contributed by atoms with Crippen LogP contribution in [0.2, 0.25) is 0 Å². The molecule has 4 rings (SSSR count). The van der Waals surface area contributed by atoms with Crippen molar-refractivity contribution >= 4 is 65.0 Å². The van der Waals surface area contributed by atoms with Gasteiger partial charge < -0.3 is 62.1 Å². The van der Waals surface area contributed by atoms with Gasteiger partial charge in [0.2, 0.25) is 65.0 Å². The molecule has 4 aliphatic rings. The molecule has 97 heavy (non-hydrogen) atoms. The van der Waals surface area contributed by atoms with Gasteiger partial charge in [-0.1, -0.05) is 137 Å². The van der Waals surface area contributed by atoms with Gasteiger partial charge in [0, 0.05) is 84.6 Å². The molecule has 554 valence electrons. The van der Waals surface area contributed by atoms with Gasteiger partial charge in [-0.3, -0.25) is 52.7 Å². The first-order valence-corrected chi connectivity index (χ1v) is 39.0. The van der Waals surface area contributed by atoms with Crippen LogP contribution in [0.4, 0.5) is 0 Å². The first-order valence-electron chi connectivity index (χ1n) is 39.0. The van der Waals surface area contributed by atoms with Gasteiger partial charge >= 0.3 is 0 Å². The lowest BCUT2D eigenvalue weighted by molar-refractivity contribution is -0.140. The number of amides is 11. The number of likely N-dealkylation sites (tertiary alicyclic amines) is 4. The maximum atomic E-state index is 14.6. The Morgan fingerprint density at radius 1 is 0.299 bits per heavy atom. The van der Waals surface area contributed by atoms with Crippen LogP contribution in [0.5, 0.6) is 0 Å². The van der Waals surface area contributed by atoms with Crippen LogP contribution in [0.1, 0.15) is 298 Å². The zero-order valence-corrected chi connectivity index (χ0v) is 60.9. The Balaban J connectivity index is 1.43. The van der Waals surface area contributed by atoms with Gasteiger partial charge in [0.1, 0.15) is 42.3 Å². The lowest BCUT2D eigenvalue weighted by atomic mass is 10.0. The van der Waals surface area contributed by atoms with Gasteiger partial charge in [-0.05, 0) is 141 Å². The van der Waals surface area contributed by atoms with Crippen molar-refractivity contribution in [1.29, 1.82) is 0 Å². The van der Waals surface area contributed by atoms with Gasteiger partial charge in [0.05, 0.1) is 0 Å². The third-order valence-electron chi connectivity index (χ3n) is 19.9. The van der Waals surface area contributed by atoms with E-state index in [0.717, 1.165) is 141 Å². The first kappa shape index (κ1) is 83.5. The van der Waals surface area contributed by atoms with Crippen molar-refractivity contribution in [3.05, 3.63) is 0 Å². The van der Waals surface area contributed by atoms with Gasteiger partial charge in [0.25, 0.3) is 0 Å². The fraction of sp³-hybridized carbons (Fsp3) is 0.851. The second kappa shape index (κ2) is 50.5. The largest absolute Gasteiger partial charge is 0.354 e. The van der Waals surface area contributed by atoms with Gasteiger partial charge in [-0.25, -0.2) is 0 Å². The number of nitrogens with one attached hydrogen (secondary N) is 8. The highest BCUT2D eigenvalue weighted by molar-refractivity contribution is 5.95. The van der Waals surface area contributed by atoms with Crippen molar-refractivity contribution in [3.8, 4) is 0 Å². The Hall–Kier alpha value is -5.87. The summed E-state index contributed by atoms with van der Waals surface area (Å²) in [6, 6.07) is -5.51. The highest BCUT2D eigenvalue weighted by atomic mass is 16.2. The van der Waals surface area contributed by atoms with E-state index in [2.05, 4.69) is 70.2 Å². The van der Waals surface area contributed by atoms with Gasteiger partial charge in [-0.15, -0.1) is 0 Å². The van der Waals surface area contributed by atoms with E-state index in [4.69, 9.17) is 0 Å². The zero-order valence-electron chi connectivity index (χ0n) is 60.9. The van der Waals surface area contributed by atoms with Gasteiger partial charge in [-0.2, -0.15) is 0 Å². The first-order chi connectivity index (χ1) is 47.1. The maximum absolute atomic E-state index is 14.6. The predicted molar refractivity (Wildman–Crippen MR) is 380 cm³/mol. The van der Waals surface area contributed by atoms with Crippen molar-refractivity contribution in [2.45, 2.75) is 340 Å². The Morgan fingerprint density at radius 3 is 0.918 bits per heavy atom. The topological polar surface area (TPSA) is 297 Å². The second-order valence-corrected chi connectivity index (χ2v) is 27.8. The van der Waals surface area contributed by atoms with Crippen LogP contribution in [-0.2, 0) is 52.7 Å². The molecular formula is C74H132N12O11. The Labute approximate surface area is 583 Å². The third-order valence-corrected chi connectivity index (χ3v) is 19.9. The lowest BCUT2D eigenvalue weighted by Gasteiger charge is -2.28. The van der Waals surface area contributed by atoms with E-state index in [1.807, 2.05) is 6.92 Å². The molecule has 0 aromatic rings. The summed E-state index contributed by atoms with van der Waals surface area (Å²) in [6.07, 6.45) is 30.1. The molecule has 23 nitrogen and oxygen atoms in total. The van der Waals surface area contributed by atoms with E-state index < -0.39 is 65.9 Å². The summed E-state index contributed by atoms with van der Waals surface area (Å²) in [5, 5.41) is 24.1. The molecule has 4 fully saturated rings. The van der Waals surface area contributed by atoms with E-state index in [-0.39, 0.29) is 67.2 Å². The molecule has 4 saturated heterocycles. The highest BCUT2D eigenvalue weighted by Gasteiger charge is 2.39. The molecule has 4 aliphatic heterocycles. The minimum atomic E-state index is -1.08. The van der Waals surface area contributed by atoms with E-state index in [1.165, 1.54) is 0 Å². The zero-order chi connectivity index (χ0) is 70.4. The average molecular weight is 1370 g/mol. The van der Waals surface area contributed by atoms with Crippen LogP contribution in [-0.4, -0.2) is 192 Å². The average Bonchev–Trinajstić information content (AvgIpc) is 1.84. The lowest BCUT2D eigenvalue weighted by Crippen LogP contribution is -2.56. The van der Waals surface area contributed by atoms with Crippen LogP contribution < -0.4 is 42.5 Å². The maximum Gasteiger partial charge on any atom is 0.243 e. The third kappa shape index (κ3) is 31.9. The van der Waals surface area contributed by atoms with Crippen LogP contribution in [0.3, 0.4) is 0 Å². The predicted octanol–water partition coefficient (Wildman–Crippen LogP) is 8.43. The number of unbranched alkanes of at least 4 members (excludes halogenated alkanes) is 19. The summed E-state index contributed by atoms with van der Waals surface area (Å²) in [6.45, 7) is 14.9. The van der Waals surface area contributed by atoms with Crippen LogP contribution >= 0.6 is 0 Å². The molecule has 0 radical (unpaired) electrons. The molecule has 4 heterocycles. The summed E-state index contributed by atoms with van der Waals surface area (Å²) in [7, 11) is 0. The molecule has 7 atom stereocenters. The molecule has 0 aromatic carbocycles. The number of hydrogen-bond donors (Lipinski definition) is 8. The summed E-state index contributed by atoms with van der Waals surface area (Å²) < 4.78 is 0. The molecule has 0 saturated carbocycles. The molecule has 0 aliphatic carbocycles. The van der Waals surface area contributed by atoms with Crippen LogP contribution in [0.25, 0.3) is 0 Å². The van der Waals surface area contributed by atoms with E-state index in [1.54, 1.807) is 19.6 Å². The summed E-state index contributed by atoms with van der Waals surface area (Å²) >= 11 is 0. The van der Waals surface area contributed by atoms with E-state index in [0.29, 0.717) is 162 Å². The van der Waals surface area contributed by atoms with Crippen LogP contribution in [0, 0.1) is 0 Å². The van der Waals surface area contributed by atoms with E-state index >= 15 is 0 Å². The minimum absolute atomic E-state index is 0.00927. The number of likely N-dealkylation sites (N-methyl/N-ethyl adjacent to an activating group) is 1. The molecule has 7 unspecified atom stereocenters. The molecule has 0 spiro atoms. The molecule has 23 heteroatoms. The van der Waals surface area contributed by atoms with Crippen LogP contribution in [0.15, 0.2) is 0 Å². The Morgan fingerprint density at radius 2 is 0.588 bits per heavy atom. The fourth-order valence-corrected chi connectivity index (χ4v) is 14.0. The molecule has 11 amide bonds. The summed E-state index contributed by atoms with van der Waals surface area (Å²) in [5.41, 5.74) is 0. The van der Waals surface area contributed by atoms with Crippen molar-refractivity contribution in [1.82, 2.24) is 62.1 Å². The quantitative estimate of drug-likeness (QED) is 0.0266. The fourth-order valence-electron chi connectivity index (χ4n) is 14.0. The number of hydrogen-bond acceptors (Lipinski definition) is 12. The Kier molecular flexibility index (Phi) is 43.5. The standard InChI is InChI=1S/C74H132N12O11/c1-6-11-15-19-23-44-64(87)83-53-33-40-60(83)71(94)77-49-31-28-38-58(81-73(96)62-42-35-55-85(62)66(89)46-25-21-17-13-8-3)68(91)76-48-30-27-37-57(69(92)79-52-51-75-10-5)80-70(93)59(82-74(97)63-43-36-56-86(63)67(90)47-26-22-18-14-9-4)39-29-32-50-78-72(95)61-41-34-54-84(61)65(88)45-24-20-16-12-7-2/h57-63,75H,6-56H2,1-5H3,(H,76,91)(H,77,94)(H,78,95)(H,79,92)(H,80,93)(H,81,96)(H,82,97). The molecular weight excluding hydrogens is 1230 g/mol. The summed E-state index contributed by atoms with van der Waals surface area (Å²) in [5.74, 6) is -2.70. The van der Waals surface area contributed by atoms with Crippen molar-refractivity contribution in [2.24, 2.45) is 0 Å². The van der Waals surface area contributed by atoms with Crippen molar-refractivity contribution < 1.29 is 52.7 Å².